The molecule has 1 aliphatic rings. The summed E-state index contributed by atoms with van der Waals surface area (Å²) in [5.74, 6) is 0.213. The topological polar surface area (TPSA) is 44.4 Å². The summed E-state index contributed by atoms with van der Waals surface area (Å²) in [7, 11) is 0. The van der Waals surface area contributed by atoms with Gasteiger partial charge in [0.1, 0.15) is 0 Å². The average molecular weight is 366 g/mol. The Kier molecular flexibility index (Phi) is 7.02. The highest BCUT2D eigenvalue weighted by molar-refractivity contribution is 5.84. The zero-order valence-electron chi connectivity index (χ0n) is 16.4. The predicted molar refractivity (Wildman–Crippen MR) is 110 cm³/mol. The van der Waals surface area contributed by atoms with Gasteiger partial charge >= 0.3 is 0 Å². The van der Waals surface area contributed by atoms with Crippen LogP contribution in [0.1, 0.15) is 50.3 Å². The van der Waals surface area contributed by atoms with E-state index >= 15 is 0 Å². The van der Waals surface area contributed by atoms with Crippen molar-refractivity contribution in [3.8, 4) is 0 Å². The van der Waals surface area contributed by atoms with E-state index in [-0.39, 0.29) is 18.0 Å². The van der Waals surface area contributed by atoms with Crippen molar-refractivity contribution in [2.24, 2.45) is 0 Å². The summed E-state index contributed by atoms with van der Waals surface area (Å²) >= 11 is 0. The van der Waals surface area contributed by atoms with Crippen LogP contribution in [-0.4, -0.2) is 36.1 Å². The molecule has 2 aromatic carbocycles. The summed E-state index contributed by atoms with van der Waals surface area (Å²) < 4.78 is 0. The molecule has 3 rings (SSSR count). The number of rotatable bonds is 9. The maximum absolute atomic E-state index is 13.1. The maximum atomic E-state index is 13.1. The monoisotopic (exact) mass is 365 g/mol. The van der Waals surface area contributed by atoms with Gasteiger partial charge in [-0.2, -0.15) is 0 Å². The molecule has 1 fully saturated rings. The van der Waals surface area contributed by atoms with Crippen LogP contribution >= 0.6 is 0 Å². The second-order valence-electron chi connectivity index (χ2n) is 7.55. The summed E-state index contributed by atoms with van der Waals surface area (Å²) in [5, 5.41) is 6.87. The molecule has 1 saturated heterocycles. The molecule has 27 heavy (non-hydrogen) atoms. The molecule has 1 atom stereocenters. The quantitative estimate of drug-likeness (QED) is 0.666. The molecule has 0 radical (unpaired) electrons. The first-order valence-electron chi connectivity index (χ1n) is 10.0. The third kappa shape index (κ3) is 5.18. The molecule has 0 bridgehead atoms. The Morgan fingerprint density at radius 1 is 1.00 bits per heavy atom. The normalized spacial score (nSPS) is 17.3. The van der Waals surface area contributed by atoms with Crippen LogP contribution in [0.5, 0.6) is 0 Å². The Morgan fingerprint density at radius 3 is 2.15 bits per heavy atom. The van der Waals surface area contributed by atoms with Gasteiger partial charge in [-0.05, 0) is 30.5 Å². The van der Waals surface area contributed by atoms with E-state index in [0.717, 1.165) is 36.9 Å². The van der Waals surface area contributed by atoms with Crippen LogP contribution in [-0.2, 0) is 4.79 Å². The summed E-state index contributed by atoms with van der Waals surface area (Å²) in [6.45, 7) is 5.93. The highest BCUT2D eigenvalue weighted by atomic mass is 16.2. The van der Waals surface area contributed by atoms with E-state index in [1.54, 1.807) is 0 Å². The fourth-order valence-electron chi connectivity index (χ4n) is 3.71. The first kappa shape index (κ1) is 19.6. The van der Waals surface area contributed by atoms with Gasteiger partial charge in [0.2, 0.25) is 5.91 Å². The molecule has 1 aliphatic heterocycles. The zero-order chi connectivity index (χ0) is 19.1. The molecule has 0 spiro atoms. The number of hydrogen-bond acceptors (Lipinski definition) is 3. The van der Waals surface area contributed by atoms with E-state index in [1.807, 2.05) is 41.3 Å². The number of benzene rings is 2. The summed E-state index contributed by atoms with van der Waals surface area (Å²) in [6, 6.07) is 21.0. The highest BCUT2D eigenvalue weighted by Crippen LogP contribution is 2.31. The molecule has 2 aromatic rings. The second-order valence-corrected chi connectivity index (χ2v) is 7.55. The minimum atomic E-state index is -0.0704. The molecule has 1 heterocycles. The lowest BCUT2D eigenvalue weighted by Gasteiger charge is -2.28. The van der Waals surface area contributed by atoms with Gasteiger partial charge in [-0.3, -0.25) is 10.1 Å². The number of hydrogen-bond donors (Lipinski definition) is 2. The standard InChI is InChI=1S/C23H31N3O/c1-18(2)24-16-10-9-15-21-23(27)26(17-25-21)22(19-11-5-3-6-12-19)20-13-7-4-8-14-20/h3-8,11-14,18,21-22,24-25H,9-10,15-17H2,1-2H3. The number of amides is 1. The lowest BCUT2D eigenvalue weighted by atomic mass is 9.97. The van der Waals surface area contributed by atoms with Crippen molar-refractivity contribution in [1.29, 1.82) is 0 Å². The van der Waals surface area contributed by atoms with E-state index in [9.17, 15) is 4.79 Å². The Bertz CT molecular complexity index is 663. The summed E-state index contributed by atoms with van der Waals surface area (Å²) in [5.41, 5.74) is 2.31. The summed E-state index contributed by atoms with van der Waals surface area (Å²) in [4.78, 5) is 15.1. The minimum absolute atomic E-state index is 0.0417. The molecule has 4 nitrogen and oxygen atoms in total. The first-order valence-corrected chi connectivity index (χ1v) is 10.0. The molecule has 144 valence electrons. The van der Waals surface area contributed by atoms with Gasteiger partial charge in [0.15, 0.2) is 0 Å². The molecule has 1 unspecified atom stereocenters. The Morgan fingerprint density at radius 2 is 1.59 bits per heavy atom. The molecule has 0 aromatic heterocycles. The first-order chi connectivity index (χ1) is 13.2. The second kappa shape index (κ2) is 9.67. The van der Waals surface area contributed by atoms with Gasteiger partial charge in [0.05, 0.1) is 18.8 Å². The van der Waals surface area contributed by atoms with Crippen molar-refractivity contribution in [2.45, 2.75) is 51.2 Å². The molecule has 2 N–H and O–H groups in total. The zero-order valence-corrected chi connectivity index (χ0v) is 16.4. The van der Waals surface area contributed by atoms with Crippen LogP contribution in [0, 0.1) is 0 Å². The number of carbonyl (C=O) groups excluding carboxylic acids is 1. The Hall–Kier alpha value is -2.17. The third-order valence-corrected chi connectivity index (χ3v) is 5.10. The fourth-order valence-corrected chi connectivity index (χ4v) is 3.71. The largest absolute Gasteiger partial charge is 0.317 e. The van der Waals surface area contributed by atoms with Crippen LogP contribution in [0.4, 0.5) is 0 Å². The SMILES string of the molecule is CC(C)NCCCCC1NCN(C(c2ccccc2)c2ccccc2)C1=O. The van der Waals surface area contributed by atoms with Gasteiger partial charge < -0.3 is 10.2 Å². The van der Waals surface area contributed by atoms with Crippen molar-refractivity contribution < 1.29 is 4.79 Å². The Labute approximate surface area is 163 Å². The summed E-state index contributed by atoms with van der Waals surface area (Å²) in [6.07, 6.45) is 3.05. The molecule has 0 aliphatic carbocycles. The lowest BCUT2D eigenvalue weighted by molar-refractivity contribution is -0.130. The molecular weight excluding hydrogens is 334 g/mol. The van der Waals surface area contributed by atoms with Crippen molar-refractivity contribution >= 4 is 5.91 Å². The van der Waals surface area contributed by atoms with Gasteiger partial charge in [-0.1, -0.05) is 80.9 Å². The third-order valence-electron chi connectivity index (χ3n) is 5.10. The van der Waals surface area contributed by atoms with Crippen LogP contribution < -0.4 is 10.6 Å². The van der Waals surface area contributed by atoms with Gasteiger partial charge in [0.25, 0.3) is 0 Å². The van der Waals surface area contributed by atoms with E-state index in [0.29, 0.717) is 12.7 Å². The van der Waals surface area contributed by atoms with Crippen LogP contribution in [0.2, 0.25) is 0 Å². The van der Waals surface area contributed by atoms with Gasteiger partial charge in [0, 0.05) is 6.04 Å². The fraction of sp³-hybridized carbons (Fsp3) is 0.435. The number of carbonyl (C=O) groups is 1. The highest BCUT2D eigenvalue weighted by Gasteiger charge is 2.36. The van der Waals surface area contributed by atoms with Crippen LogP contribution in [0.3, 0.4) is 0 Å². The van der Waals surface area contributed by atoms with E-state index in [2.05, 4.69) is 48.7 Å². The van der Waals surface area contributed by atoms with E-state index in [1.165, 1.54) is 0 Å². The number of unbranched alkanes of at least 4 members (excludes halogenated alkanes) is 1. The van der Waals surface area contributed by atoms with Crippen molar-refractivity contribution in [2.75, 3.05) is 13.2 Å². The average Bonchev–Trinajstić information content (AvgIpc) is 3.04. The predicted octanol–water partition coefficient (Wildman–Crippen LogP) is 3.70. The molecule has 4 heteroatoms. The maximum Gasteiger partial charge on any atom is 0.241 e. The minimum Gasteiger partial charge on any atom is -0.317 e. The Balaban J connectivity index is 1.67. The van der Waals surface area contributed by atoms with E-state index < -0.39 is 0 Å². The smallest absolute Gasteiger partial charge is 0.241 e. The number of nitrogens with one attached hydrogen (secondary N) is 2. The van der Waals surface area contributed by atoms with E-state index in [4.69, 9.17) is 0 Å². The molecule has 1 amide bonds. The molecular formula is C23H31N3O. The lowest BCUT2D eigenvalue weighted by Crippen LogP contribution is -2.34. The van der Waals surface area contributed by atoms with Crippen molar-refractivity contribution in [1.82, 2.24) is 15.5 Å². The van der Waals surface area contributed by atoms with Crippen molar-refractivity contribution in [3.63, 3.8) is 0 Å². The molecule has 0 saturated carbocycles. The van der Waals surface area contributed by atoms with Crippen molar-refractivity contribution in [3.05, 3.63) is 71.8 Å². The van der Waals surface area contributed by atoms with Crippen LogP contribution in [0.15, 0.2) is 60.7 Å². The van der Waals surface area contributed by atoms with Crippen LogP contribution in [0.25, 0.3) is 0 Å². The number of nitrogens with zero attached hydrogens (tertiary/aromatic N) is 1. The van der Waals surface area contributed by atoms with Gasteiger partial charge in [-0.15, -0.1) is 0 Å². The van der Waals surface area contributed by atoms with Gasteiger partial charge in [-0.25, -0.2) is 0 Å².